The van der Waals surface area contributed by atoms with Crippen molar-refractivity contribution in [2.45, 2.75) is 9.79 Å². The molecule has 142 valence electrons. The molecule has 3 rings (SSSR count). The van der Waals surface area contributed by atoms with Crippen LogP contribution in [0.15, 0.2) is 92.2 Å². The predicted molar refractivity (Wildman–Crippen MR) is 117 cm³/mol. The Labute approximate surface area is 181 Å². The van der Waals surface area contributed by atoms with Crippen molar-refractivity contribution in [1.82, 2.24) is 5.43 Å². The van der Waals surface area contributed by atoms with E-state index in [1.165, 1.54) is 0 Å². The first-order valence-corrected chi connectivity index (χ1v) is 10.3. The van der Waals surface area contributed by atoms with Crippen LogP contribution in [0.25, 0.3) is 0 Å². The van der Waals surface area contributed by atoms with E-state index in [4.69, 9.17) is 16.3 Å². The molecule has 0 atom stereocenters. The number of rotatable bonds is 7. The second-order valence-corrected chi connectivity index (χ2v) is 8.16. The van der Waals surface area contributed by atoms with Crippen molar-refractivity contribution in [3.8, 4) is 5.75 Å². The standard InChI is InChI=1S/C21H16BrClN2O2S/c22-16-3-7-18(8-4-16)27-14-21(26)25-24-13-15-1-9-19(10-2-15)28-20-11-5-17(23)6-12-20/h1-13H,14H2,(H,25,26)/b24-13-. The second kappa shape index (κ2) is 10.3. The number of carbonyl (C=O) groups is 1. The summed E-state index contributed by atoms with van der Waals surface area (Å²) in [6, 6.07) is 22.8. The first kappa shape index (κ1) is 20.5. The van der Waals surface area contributed by atoms with Gasteiger partial charge in [-0.1, -0.05) is 51.4 Å². The highest BCUT2D eigenvalue weighted by Crippen LogP contribution is 2.28. The minimum absolute atomic E-state index is 0.102. The number of ether oxygens (including phenoxy) is 1. The SMILES string of the molecule is O=C(COc1ccc(Br)cc1)N/N=C\c1ccc(Sc2ccc(Cl)cc2)cc1. The van der Waals surface area contributed by atoms with Crippen LogP contribution >= 0.6 is 39.3 Å². The molecule has 0 saturated carbocycles. The Morgan fingerprint density at radius 2 is 1.61 bits per heavy atom. The Bertz CT molecular complexity index is 946. The highest BCUT2D eigenvalue weighted by molar-refractivity contribution is 9.10. The quantitative estimate of drug-likeness (QED) is 0.348. The van der Waals surface area contributed by atoms with Gasteiger partial charge in [-0.25, -0.2) is 5.43 Å². The van der Waals surface area contributed by atoms with Crippen LogP contribution in [0, 0.1) is 0 Å². The summed E-state index contributed by atoms with van der Waals surface area (Å²) in [5, 5.41) is 4.68. The largest absolute Gasteiger partial charge is 0.484 e. The molecule has 0 aromatic heterocycles. The van der Waals surface area contributed by atoms with E-state index < -0.39 is 0 Å². The molecule has 0 fully saturated rings. The lowest BCUT2D eigenvalue weighted by Gasteiger charge is -2.05. The van der Waals surface area contributed by atoms with Crippen molar-refractivity contribution in [3.05, 3.63) is 87.9 Å². The fourth-order valence-corrected chi connectivity index (χ4v) is 3.36. The summed E-state index contributed by atoms with van der Waals surface area (Å²) in [5.74, 6) is 0.296. The molecular formula is C21H16BrClN2O2S. The van der Waals surface area contributed by atoms with Crippen LogP contribution < -0.4 is 10.2 Å². The molecule has 28 heavy (non-hydrogen) atoms. The fraction of sp³-hybridized carbons (Fsp3) is 0.0476. The van der Waals surface area contributed by atoms with Crippen molar-refractivity contribution >= 4 is 51.4 Å². The smallest absolute Gasteiger partial charge is 0.277 e. The average molecular weight is 476 g/mol. The maximum Gasteiger partial charge on any atom is 0.277 e. The molecule has 3 aromatic rings. The van der Waals surface area contributed by atoms with E-state index in [1.54, 1.807) is 30.1 Å². The summed E-state index contributed by atoms with van der Waals surface area (Å²) < 4.78 is 6.34. The minimum atomic E-state index is -0.325. The summed E-state index contributed by atoms with van der Waals surface area (Å²) in [4.78, 5) is 14.0. The van der Waals surface area contributed by atoms with Gasteiger partial charge in [-0.15, -0.1) is 0 Å². The highest BCUT2D eigenvalue weighted by Gasteiger charge is 2.02. The Morgan fingerprint density at radius 1 is 1.00 bits per heavy atom. The molecule has 0 radical (unpaired) electrons. The van der Waals surface area contributed by atoms with Crippen LogP contribution in [0.3, 0.4) is 0 Å². The van der Waals surface area contributed by atoms with Gasteiger partial charge in [0.1, 0.15) is 5.75 Å². The minimum Gasteiger partial charge on any atom is -0.484 e. The molecule has 1 amide bonds. The van der Waals surface area contributed by atoms with E-state index >= 15 is 0 Å². The number of halogens is 2. The van der Waals surface area contributed by atoms with Crippen LogP contribution in [-0.2, 0) is 4.79 Å². The molecule has 1 N–H and O–H groups in total. The maximum atomic E-state index is 11.8. The number of hydrazone groups is 1. The number of hydrogen-bond donors (Lipinski definition) is 1. The van der Waals surface area contributed by atoms with Gasteiger partial charge in [0.2, 0.25) is 0 Å². The fourth-order valence-electron chi connectivity index (χ4n) is 2.15. The molecule has 0 heterocycles. The lowest BCUT2D eigenvalue weighted by atomic mass is 10.2. The van der Waals surface area contributed by atoms with Gasteiger partial charge in [-0.05, 0) is 66.2 Å². The Hall–Kier alpha value is -2.28. The van der Waals surface area contributed by atoms with Crippen molar-refractivity contribution in [3.63, 3.8) is 0 Å². The molecule has 7 heteroatoms. The molecule has 0 saturated heterocycles. The van der Waals surface area contributed by atoms with Gasteiger partial charge in [0.05, 0.1) is 6.21 Å². The summed E-state index contributed by atoms with van der Waals surface area (Å²) in [6.45, 7) is -0.102. The van der Waals surface area contributed by atoms with E-state index in [9.17, 15) is 4.79 Å². The zero-order chi connectivity index (χ0) is 19.8. The van der Waals surface area contributed by atoms with Crippen LogP contribution in [0.1, 0.15) is 5.56 Å². The maximum absolute atomic E-state index is 11.8. The first-order valence-electron chi connectivity index (χ1n) is 8.32. The van der Waals surface area contributed by atoms with Crippen LogP contribution in [-0.4, -0.2) is 18.7 Å². The summed E-state index contributed by atoms with van der Waals surface area (Å²) >= 11 is 10.9. The van der Waals surface area contributed by atoms with Gasteiger partial charge >= 0.3 is 0 Å². The van der Waals surface area contributed by atoms with E-state index in [1.807, 2.05) is 60.7 Å². The lowest BCUT2D eigenvalue weighted by Crippen LogP contribution is -2.24. The van der Waals surface area contributed by atoms with Crippen molar-refractivity contribution in [2.24, 2.45) is 5.10 Å². The van der Waals surface area contributed by atoms with E-state index in [2.05, 4.69) is 26.5 Å². The van der Waals surface area contributed by atoms with Gasteiger partial charge < -0.3 is 4.74 Å². The van der Waals surface area contributed by atoms with Crippen molar-refractivity contribution in [2.75, 3.05) is 6.61 Å². The Morgan fingerprint density at radius 3 is 2.25 bits per heavy atom. The molecule has 4 nitrogen and oxygen atoms in total. The predicted octanol–water partition coefficient (Wildman–Crippen LogP) is 5.78. The number of amides is 1. The van der Waals surface area contributed by atoms with E-state index in [0.717, 1.165) is 24.8 Å². The zero-order valence-electron chi connectivity index (χ0n) is 14.6. The first-order chi connectivity index (χ1) is 13.6. The highest BCUT2D eigenvalue weighted by atomic mass is 79.9. The topological polar surface area (TPSA) is 50.7 Å². The number of hydrogen-bond acceptors (Lipinski definition) is 4. The van der Waals surface area contributed by atoms with E-state index in [-0.39, 0.29) is 12.5 Å². The summed E-state index contributed by atoms with van der Waals surface area (Å²) in [5.41, 5.74) is 3.33. The molecule has 0 spiro atoms. The van der Waals surface area contributed by atoms with Gasteiger partial charge in [-0.3, -0.25) is 4.79 Å². The van der Waals surface area contributed by atoms with Crippen molar-refractivity contribution in [1.29, 1.82) is 0 Å². The van der Waals surface area contributed by atoms with Gasteiger partial charge in [0, 0.05) is 19.3 Å². The number of nitrogens with zero attached hydrogens (tertiary/aromatic N) is 1. The van der Waals surface area contributed by atoms with E-state index in [0.29, 0.717) is 5.75 Å². The Balaban J connectivity index is 1.45. The molecular weight excluding hydrogens is 460 g/mol. The van der Waals surface area contributed by atoms with Crippen LogP contribution in [0.5, 0.6) is 5.75 Å². The zero-order valence-corrected chi connectivity index (χ0v) is 17.8. The third-order valence-electron chi connectivity index (χ3n) is 3.52. The average Bonchev–Trinajstić information content (AvgIpc) is 2.71. The third-order valence-corrected chi connectivity index (χ3v) is 5.31. The van der Waals surface area contributed by atoms with Gasteiger partial charge in [0.15, 0.2) is 6.61 Å². The third kappa shape index (κ3) is 6.71. The summed E-state index contributed by atoms with van der Waals surface area (Å²) in [7, 11) is 0. The van der Waals surface area contributed by atoms with Gasteiger partial charge in [0.25, 0.3) is 5.91 Å². The van der Waals surface area contributed by atoms with Crippen molar-refractivity contribution < 1.29 is 9.53 Å². The normalized spacial score (nSPS) is 10.8. The Kier molecular flexibility index (Phi) is 7.54. The number of carbonyl (C=O) groups excluding carboxylic acids is 1. The second-order valence-electron chi connectivity index (χ2n) is 5.66. The summed E-state index contributed by atoms with van der Waals surface area (Å²) in [6.07, 6.45) is 1.59. The molecule has 3 aromatic carbocycles. The van der Waals surface area contributed by atoms with Crippen LogP contribution in [0.2, 0.25) is 5.02 Å². The lowest BCUT2D eigenvalue weighted by molar-refractivity contribution is -0.123. The molecule has 0 unspecified atom stereocenters. The van der Waals surface area contributed by atoms with Gasteiger partial charge in [-0.2, -0.15) is 5.10 Å². The monoisotopic (exact) mass is 474 g/mol. The number of nitrogens with one attached hydrogen (secondary N) is 1. The van der Waals surface area contributed by atoms with Crippen LogP contribution in [0.4, 0.5) is 0 Å². The number of benzene rings is 3. The molecule has 0 aliphatic heterocycles. The molecule has 0 aliphatic rings. The molecule has 0 bridgehead atoms. The molecule has 0 aliphatic carbocycles.